The summed E-state index contributed by atoms with van der Waals surface area (Å²) >= 11 is 0. The molecule has 0 aromatic carbocycles. The van der Waals surface area contributed by atoms with Crippen molar-refractivity contribution in [3.63, 3.8) is 0 Å². The number of fused-ring (bicyclic) bond motifs is 1. The summed E-state index contributed by atoms with van der Waals surface area (Å²) in [4.78, 5) is 29.5. The third-order valence-electron chi connectivity index (χ3n) is 6.31. The first-order valence-corrected chi connectivity index (χ1v) is 10.9. The molecule has 1 N–H and O–H groups in total. The van der Waals surface area contributed by atoms with Crippen LogP contribution >= 0.6 is 12.4 Å². The van der Waals surface area contributed by atoms with E-state index in [9.17, 15) is 18.0 Å². The number of anilines is 2. The third-order valence-corrected chi connectivity index (χ3v) is 6.31. The van der Waals surface area contributed by atoms with E-state index in [4.69, 9.17) is 4.98 Å². The summed E-state index contributed by atoms with van der Waals surface area (Å²) in [7, 11) is 0. The van der Waals surface area contributed by atoms with E-state index in [-0.39, 0.29) is 35.1 Å². The molecule has 2 aliphatic heterocycles. The van der Waals surface area contributed by atoms with Gasteiger partial charge in [-0.15, -0.1) is 12.4 Å². The van der Waals surface area contributed by atoms with Crippen LogP contribution in [0.25, 0.3) is 11.0 Å². The van der Waals surface area contributed by atoms with Crippen molar-refractivity contribution in [2.75, 3.05) is 36.0 Å². The monoisotopic (exact) mass is 498 g/mol. The van der Waals surface area contributed by atoms with Crippen LogP contribution in [0.15, 0.2) is 17.1 Å². The Labute approximate surface area is 199 Å². The normalized spacial score (nSPS) is 17.5. The van der Waals surface area contributed by atoms with Crippen molar-refractivity contribution in [1.82, 2.24) is 29.7 Å². The number of nitrogens with zero attached hydrogens (tertiary/aromatic N) is 7. The zero-order valence-corrected chi connectivity index (χ0v) is 19.9. The van der Waals surface area contributed by atoms with E-state index in [0.29, 0.717) is 55.5 Å². The van der Waals surface area contributed by atoms with Gasteiger partial charge in [-0.2, -0.15) is 23.3 Å². The summed E-state index contributed by atoms with van der Waals surface area (Å²) < 4.78 is 41.2. The molecule has 1 spiro atoms. The number of rotatable bonds is 4. The molecular formula is C21H26ClF3N8O. The van der Waals surface area contributed by atoms with Gasteiger partial charge in [0.25, 0.3) is 5.56 Å². The Morgan fingerprint density at radius 1 is 1.15 bits per heavy atom. The van der Waals surface area contributed by atoms with Crippen LogP contribution in [0.4, 0.5) is 24.9 Å². The summed E-state index contributed by atoms with van der Waals surface area (Å²) in [6.45, 7) is 8.68. The number of nitrogens with one attached hydrogen (secondary N) is 1. The lowest BCUT2D eigenvalue weighted by molar-refractivity contribution is -0.141. The van der Waals surface area contributed by atoms with Gasteiger partial charge < -0.3 is 9.80 Å². The molecule has 2 aliphatic rings. The van der Waals surface area contributed by atoms with Gasteiger partial charge in [0.2, 0.25) is 5.95 Å². The van der Waals surface area contributed by atoms with Gasteiger partial charge in [-0.05, 0) is 19.3 Å². The lowest BCUT2D eigenvalue weighted by Gasteiger charge is -2.48. The van der Waals surface area contributed by atoms with Gasteiger partial charge in [-0.3, -0.25) is 14.5 Å². The van der Waals surface area contributed by atoms with Crippen LogP contribution in [0.3, 0.4) is 0 Å². The molecule has 5 rings (SSSR count). The SMILES string of the molecule is Cc1nc(N2CC3(CCN(c4nc5[nH]ncc5c(=O)n4CC(C)C)C3)C2)cc(C(F)(F)F)n1.Cl. The Bertz CT molecular complexity index is 1270. The maximum atomic E-state index is 13.2. The molecule has 2 fully saturated rings. The molecule has 9 nitrogen and oxygen atoms in total. The first-order chi connectivity index (χ1) is 15.5. The van der Waals surface area contributed by atoms with Crippen molar-refractivity contribution >= 4 is 35.2 Å². The topological polar surface area (TPSA) is 95.8 Å². The van der Waals surface area contributed by atoms with E-state index >= 15 is 0 Å². The minimum atomic E-state index is -4.51. The molecule has 13 heteroatoms. The number of hydrogen-bond donors (Lipinski definition) is 1. The minimum Gasteiger partial charge on any atom is -0.355 e. The van der Waals surface area contributed by atoms with E-state index in [1.54, 1.807) is 4.57 Å². The number of aromatic nitrogens is 6. The first kappa shape index (κ1) is 24.2. The Hall–Kier alpha value is -2.89. The van der Waals surface area contributed by atoms with Crippen molar-refractivity contribution in [3.05, 3.63) is 34.1 Å². The molecule has 3 aromatic rings. The zero-order chi connectivity index (χ0) is 23.5. The number of hydrogen-bond acceptors (Lipinski definition) is 7. The van der Waals surface area contributed by atoms with Gasteiger partial charge in [0, 0.05) is 44.2 Å². The Morgan fingerprint density at radius 3 is 2.53 bits per heavy atom. The Kier molecular flexibility index (Phi) is 5.99. The molecule has 0 aliphatic carbocycles. The van der Waals surface area contributed by atoms with Crippen LogP contribution in [0.2, 0.25) is 0 Å². The van der Waals surface area contributed by atoms with E-state index in [2.05, 4.69) is 25.1 Å². The van der Waals surface area contributed by atoms with Crippen LogP contribution in [0.1, 0.15) is 31.8 Å². The predicted octanol–water partition coefficient (Wildman–Crippen LogP) is 3.03. The second kappa shape index (κ2) is 8.40. The molecule has 0 radical (unpaired) electrons. The lowest BCUT2D eigenvalue weighted by atomic mass is 9.79. The van der Waals surface area contributed by atoms with Crippen molar-refractivity contribution in [1.29, 1.82) is 0 Å². The summed E-state index contributed by atoms with van der Waals surface area (Å²) in [6.07, 6.45) is -2.15. The fourth-order valence-corrected chi connectivity index (χ4v) is 4.84. The van der Waals surface area contributed by atoms with E-state index in [1.807, 2.05) is 18.7 Å². The summed E-state index contributed by atoms with van der Waals surface area (Å²) in [6, 6.07) is 1.01. The average Bonchev–Trinajstić information content (AvgIpc) is 3.35. The largest absolute Gasteiger partial charge is 0.433 e. The second-order valence-electron chi connectivity index (χ2n) is 9.54. The fourth-order valence-electron chi connectivity index (χ4n) is 4.84. The predicted molar refractivity (Wildman–Crippen MR) is 123 cm³/mol. The second-order valence-corrected chi connectivity index (χ2v) is 9.54. The molecule has 34 heavy (non-hydrogen) atoms. The summed E-state index contributed by atoms with van der Waals surface area (Å²) in [5.74, 6) is 1.27. The highest BCUT2D eigenvalue weighted by atomic mass is 35.5. The van der Waals surface area contributed by atoms with Crippen LogP contribution < -0.4 is 15.4 Å². The lowest BCUT2D eigenvalue weighted by Crippen LogP contribution is -2.58. The molecule has 0 saturated carbocycles. The van der Waals surface area contributed by atoms with Gasteiger partial charge in [0.05, 0.1) is 6.20 Å². The molecular weight excluding hydrogens is 473 g/mol. The number of H-pyrrole nitrogens is 1. The van der Waals surface area contributed by atoms with E-state index in [0.717, 1.165) is 12.5 Å². The molecule has 0 atom stereocenters. The number of aryl methyl sites for hydroxylation is 1. The highest BCUT2D eigenvalue weighted by molar-refractivity contribution is 5.85. The molecule has 184 valence electrons. The third kappa shape index (κ3) is 4.19. The van der Waals surface area contributed by atoms with Crippen LogP contribution in [-0.2, 0) is 12.7 Å². The van der Waals surface area contributed by atoms with Gasteiger partial charge >= 0.3 is 6.18 Å². The molecule has 0 amide bonds. The zero-order valence-electron chi connectivity index (χ0n) is 19.1. The maximum absolute atomic E-state index is 13.2. The molecule has 0 bridgehead atoms. The van der Waals surface area contributed by atoms with Crippen molar-refractivity contribution in [2.45, 2.75) is 39.9 Å². The van der Waals surface area contributed by atoms with Crippen LogP contribution in [0, 0.1) is 18.3 Å². The average molecular weight is 499 g/mol. The van der Waals surface area contributed by atoms with Gasteiger partial charge in [-0.1, -0.05) is 13.8 Å². The van der Waals surface area contributed by atoms with Crippen molar-refractivity contribution in [2.24, 2.45) is 11.3 Å². The smallest absolute Gasteiger partial charge is 0.355 e. The van der Waals surface area contributed by atoms with Crippen LogP contribution in [0.5, 0.6) is 0 Å². The van der Waals surface area contributed by atoms with Crippen molar-refractivity contribution < 1.29 is 13.2 Å². The Balaban J connectivity index is 0.00000274. The number of aromatic amines is 1. The molecule has 3 aromatic heterocycles. The molecule has 5 heterocycles. The molecule has 0 unspecified atom stereocenters. The number of halogens is 4. The van der Waals surface area contributed by atoms with Gasteiger partial charge in [-0.25, -0.2) is 9.97 Å². The molecule has 2 saturated heterocycles. The highest BCUT2D eigenvalue weighted by Crippen LogP contribution is 2.43. The Morgan fingerprint density at radius 2 is 1.85 bits per heavy atom. The highest BCUT2D eigenvalue weighted by Gasteiger charge is 2.49. The fraction of sp³-hybridized carbons (Fsp3) is 0.571. The maximum Gasteiger partial charge on any atom is 0.433 e. The number of alkyl halides is 3. The van der Waals surface area contributed by atoms with Gasteiger partial charge in [0.1, 0.15) is 22.7 Å². The van der Waals surface area contributed by atoms with E-state index in [1.165, 1.54) is 13.1 Å². The van der Waals surface area contributed by atoms with Crippen LogP contribution in [-0.4, -0.2) is 55.9 Å². The van der Waals surface area contributed by atoms with E-state index < -0.39 is 11.9 Å². The van der Waals surface area contributed by atoms with Crippen molar-refractivity contribution in [3.8, 4) is 0 Å². The first-order valence-electron chi connectivity index (χ1n) is 10.9. The summed E-state index contributed by atoms with van der Waals surface area (Å²) in [5, 5.41) is 7.21. The minimum absolute atomic E-state index is 0. The summed E-state index contributed by atoms with van der Waals surface area (Å²) in [5.41, 5.74) is -0.665. The quantitative estimate of drug-likeness (QED) is 0.590. The standard InChI is InChI=1S/C21H25F3N8O.ClH/c1-12(2)8-32-18(33)14-7-25-29-17(14)28-19(32)30-5-4-20(9-30)10-31(11-20)16-6-15(21(22,23)24)26-13(3)27-16;/h6-7,12H,4-5,8-11H2,1-3H3,(H,25,29);1H. The van der Waals surface area contributed by atoms with Gasteiger partial charge in [0.15, 0.2) is 5.65 Å².